The molecule has 0 fully saturated rings. The van der Waals surface area contributed by atoms with Crippen molar-refractivity contribution in [1.29, 1.82) is 0 Å². The predicted molar refractivity (Wildman–Crippen MR) is 62.2 cm³/mol. The summed E-state index contributed by atoms with van der Waals surface area (Å²) in [5.41, 5.74) is 1.11. The number of carbonyl (C=O) groups is 1. The molecule has 4 heteroatoms. The van der Waals surface area contributed by atoms with Gasteiger partial charge in [-0.05, 0) is 43.2 Å². The fourth-order valence-corrected chi connectivity index (χ4v) is 3.26. The summed E-state index contributed by atoms with van der Waals surface area (Å²) < 4.78 is 0. The first-order valence-corrected chi connectivity index (χ1v) is 6.10. The maximum Gasteiger partial charge on any atom is 0.315 e. The summed E-state index contributed by atoms with van der Waals surface area (Å²) in [7, 11) is 1.65. The fourth-order valence-electron chi connectivity index (χ4n) is 2.21. The van der Waals surface area contributed by atoms with E-state index in [1.165, 1.54) is 10.4 Å². The number of hydrogen-bond acceptors (Lipinski definition) is 2. The summed E-state index contributed by atoms with van der Waals surface area (Å²) in [5, 5.41) is 7.77. The van der Waals surface area contributed by atoms with Crippen molar-refractivity contribution in [2.75, 3.05) is 7.05 Å². The normalized spacial score (nSPS) is 24.4. The zero-order valence-corrected chi connectivity index (χ0v) is 9.91. The van der Waals surface area contributed by atoms with Crippen LogP contribution in [0.4, 0.5) is 4.79 Å². The van der Waals surface area contributed by atoms with Crippen molar-refractivity contribution in [3.8, 4) is 0 Å². The van der Waals surface area contributed by atoms with E-state index in [9.17, 15) is 4.79 Å². The van der Waals surface area contributed by atoms with E-state index in [2.05, 4.69) is 29.0 Å². The number of carbonyl (C=O) groups excluding carboxylic acids is 1. The van der Waals surface area contributed by atoms with Crippen molar-refractivity contribution in [1.82, 2.24) is 10.6 Å². The number of amides is 2. The van der Waals surface area contributed by atoms with Gasteiger partial charge in [0, 0.05) is 11.9 Å². The highest BCUT2D eigenvalue weighted by molar-refractivity contribution is 7.10. The molecule has 0 saturated heterocycles. The molecule has 1 aliphatic carbocycles. The van der Waals surface area contributed by atoms with Gasteiger partial charge in [0.15, 0.2) is 0 Å². The highest BCUT2D eigenvalue weighted by atomic mass is 32.1. The molecule has 0 bridgehead atoms. The lowest BCUT2D eigenvalue weighted by atomic mass is 9.82. The minimum Gasteiger partial charge on any atom is -0.341 e. The van der Waals surface area contributed by atoms with Gasteiger partial charge in [-0.2, -0.15) is 0 Å². The third-order valence-corrected chi connectivity index (χ3v) is 4.02. The molecule has 0 spiro atoms. The Hall–Kier alpha value is -1.03. The third-order valence-electron chi connectivity index (χ3n) is 3.04. The molecule has 2 rings (SSSR count). The molecule has 15 heavy (non-hydrogen) atoms. The van der Waals surface area contributed by atoms with Gasteiger partial charge in [-0.15, -0.1) is 11.3 Å². The second kappa shape index (κ2) is 3.85. The first kappa shape index (κ1) is 10.5. The molecule has 0 aromatic carbocycles. The standard InChI is InChI=1S/C11H16N2OS/c1-11(13-10(14)12-2)6-3-4-9-8(11)5-7-15-9/h5,7H,3-4,6H2,1-2H3,(H2,12,13,14). The summed E-state index contributed by atoms with van der Waals surface area (Å²) in [6.07, 6.45) is 3.32. The van der Waals surface area contributed by atoms with Gasteiger partial charge in [0.05, 0.1) is 5.54 Å². The van der Waals surface area contributed by atoms with E-state index in [4.69, 9.17) is 0 Å². The van der Waals surface area contributed by atoms with Gasteiger partial charge in [-0.1, -0.05) is 0 Å². The van der Waals surface area contributed by atoms with E-state index in [1.807, 2.05) is 0 Å². The smallest absolute Gasteiger partial charge is 0.315 e. The lowest BCUT2D eigenvalue weighted by Gasteiger charge is -2.34. The Bertz CT molecular complexity index is 374. The number of aryl methyl sites for hydroxylation is 1. The quantitative estimate of drug-likeness (QED) is 0.754. The Balaban J connectivity index is 2.27. The summed E-state index contributed by atoms with van der Waals surface area (Å²) in [4.78, 5) is 12.8. The summed E-state index contributed by atoms with van der Waals surface area (Å²) >= 11 is 1.79. The van der Waals surface area contributed by atoms with Crippen molar-refractivity contribution >= 4 is 17.4 Å². The SMILES string of the molecule is CNC(=O)NC1(C)CCCc2sccc21. The zero-order chi connectivity index (χ0) is 10.9. The number of rotatable bonds is 1. The molecule has 0 aliphatic heterocycles. The van der Waals surface area contributed by atoms with E-state index in [0.29, 0.717) is 0 Å². The molecule has 1 atom stereocenters. The number of thiophene rings is 1. The molecule has 3 nitrogen and oxygen atoms in total. The Morgan fingerprint density at radius 1 is 1.60 bits per heavy atom. The van der Waals surface area contributed by atoms with Crippen molar-refractivity contribution < 1.29 is 4.79 Å². The second-order valence-corrected chi connectivity index (χ2v) is 5.15. The van der Waals surface area contributed by atoms with Gasteiger partial charge in [-0.3, -0.25) is 0 Å². The summed E-state index contributed by atoms with van der Waals surface area (Å²) in [6, 6.07) is 2.03. The average Bonchev–Trinajstić information content (AvgIpc) is 2.67. The van der Waals surface area contributed by atoms with Crippen molar-refractivity contribution in [3.05, 3.63) is 21.9 Å². The van der Waals surface area contributed by atoms with Gasteiger partial charge in [-0.25, -0.2) is 4.79 Å². The molecule has 1 heterocycles. The molecule has 1 aliphatic rings. The number of hydrogen-bond donors (Lipinski definition) is 2. The summed E-state index contributed by atoms with van der Waals surface area (Å²) in [5.74, 6) is 0. The van der Waals surface area contributed by atoms with Crippen LogP contribution in [0, 0.1) is 0 Å². The zero-order valence-electron chi connectivity index (χ0n) is 9.09. The van der Waals surface area contributed by atoms with Crippen LogP contribution >= 0.6 is 11.3 Å². The van der Waals surface area contributed by atoms with Crippen LogP contribution in [-0.4, -0.2) is 13.1 Å². The number of nitrogens with one attached hydrogen (secondary N) is 2. The molecule has 1 aromatic heterocycles. The maximum absolute atomic E-state index is 11.4. The molecule has 0 saturated carbocycles. The van der Waals surface area contributed by atoms with Crippen LogP contribution in [0.1, 0.15) is 30.2 Å². The fraction of sp³-hybridized carbons (Fsp3) is 0.545. The lowest BCUT2D eigenvalue weighted by molar-refractivity contribution is 0.224. The molecule has 1 aromatic rings. The lowest BCUT2D eigenvalue weighted by Crippen LogP contribution is -2.48. The van der Waals surface area contributed by atoms with Crippen LogP contribution in [0.2, 0.25) is 0 Å². The summed E-state index contributed by atoms with van der Waals surface area (Å²) in [6.45, 7) is 2.10. The van der Waals surface area contributed by atoms with Crippen LogP contribution in [0.3, 0.4) is 0 Å². The van der Waals surface area contributed by atoms with Crippen LogP contribution in [0.25, 0.3) is 0 Å². The average molecular weight is 224 g/mol. The Kier molecular flexibility index (Phi) is 2.69. The van der Waals surface area contributed by atoms with Gasteiger partial charge in [0.1, 0.15) is 0 Å². The Labute approximate surface area is 93.9 Å². The van der Waals surface area contributed by atoms with E-state index < -0.39 is 0 Å². The first-order chi connectivity index (χ1) is 7.15. The van der Waals surface area contributed by atoms with Crippen LogP contribution in [-0.2, 0) is 12.0 Å². The molecular weight excluding hydrogens is 208 g/mol. The molecule has 1 unspecified atom stereocenters. The highest BCUT2D eigenvalue weighted by Gasteiger charge is 2.33. The van der Waals surface area contributed by atoms with E-state index in [1.54, 1.807) is 18.4 Å². The van der Waals surface area contributed by atoms with Crippen LogP contribution < -0.4 is 10.6 Å². The largest absolute Gasteiger partial charge is 0.341 e. The monoisotopic (exact) mass is 224 g/mol. The minimum absolute atomic E-state index is 0.100. The molecule has 82 valence electrons. The Morgan fingerprint density at radius 2 is 2.40 bits per heavy atom. The van der Waals surface area contributed by atoms with E-state index >= 15 is 0 Å². The van der Waals surface area contributed by atoms with Gasteiger partial charge in [0.2, 0.25) is 0 Å². The first-order valence-electron chi connectivity index (χ1n) is 5.22. The van der Waals surface area contributed by atoms with E-state index in [0.717, 1.165) is 19.3 Å². The molecule has 2 N–H and O–H groups in total. The predicted octanol–water partition coefficient (Wildman–Crippen LogP) is 2.23. The van der Waals surface area contributed by atoms with E-state index in [-0.39, 0.29) is 11.6 Å². The highest BCUT2D eigenvalue weighted by Crippen LogP contribution is 2.37. The van der Waals surface area contributed by atoms with Gasteiger partial charge < -0.3 is 10.6 Å². The van der Waals surface area contributed by atoms with Crippen molar-refractivity contribution in [2.45, 2.75) is 31.7 Å². The van der Waals surface area contributed by atoms with Gasteiger partial charge in [0.25, 0.3) is 0 Å². The topological polar surface area (TPSA) is 41.1 Å². The number of urea groups is 1. The van der Waals surface area contributed by atoms with Crippen molar-refractivity contribution in [3.63, 3.8) is 0 Å². The maximum atomic E-state index is 11.4. The third kappa shape index (κ3) is 1.86. The minimum atomic E-state index is -0.187. The molecular formula is C11H16N2OS. The van der Waals surface area contributed by atoms with Crippen molar-refractivity contribution in [2.24, 2.45) is 0 Å². The van der Waals surface area contributed by atoms with Crippen LogP contribution in [0.5, 0.6) is 0 Å². The van der Waals surface area contributed by atoms with Gasteiger partial charge >= 0.3 is 6.03 Å². The van der Waals surface area contributed by atoms with Crippen LogP contribution in [0.15, 0.2) is 11.4 Å². The molecule has 2 amide bonds. The second-order valence-electron chi connectivity index (χ2n) is 4.15. The Morgan fingerprint density at radius 3 is 3.13 bits per heavy atom. The molecule has 0 radical (unpaired) electrons. The number of fused-ring (bicyclic) bond motifs is 1.